The first-order valence-corrected chi connectivity index (χ1v) is 7.52. The fourth-order valence-corrected chi connectivity index (χ4v) is 2.44. The fourth-order valence-electron chi connectivity index (χ4n) is 2.44. The molecule has 0 aliphatic carbocycles. The second kappa shape index (κ2) is 7.61. The zero-order valence-electron chi connectivity index (χ0n) is 13.7. The highest BCUT2D eigenvalue weighted by Crippen LogP contribution is 2.27. The van der Waals surface area contributed by atoms with Crippen molar-refractivity contribution in [3.05, 3.63) is 48.6 Å². The van der Waals surface area contributed by atoms with E-state index in [9.17, 15) is 0 Å². The van der Waals surface area contributed by atoms with Gasteiger partial charge in [0.25, 0.3) is 0 Å². The van der Waals surface area contributed by atoms with E-state index >= 15 is 0 Å². The third-order valence-corrected chi connectivity index (χ3v) is 3.47. The molecule has 1 unspecified atom stereocenters. The summed E-state index contributed by atoms with van der Waals surface area (Å²) in [6.45, 7) is 16.9. The van der Waals surface area contributed by atoms with Crippen LogP contribution in [0.2, 0.25) is 0 Å². The number of hydrogen-bond acceptors (Lipinski definition) is 2. The third kappa shape index (κ3) is 5.10. The second-order valence-electron chi connectivity index (χ2n) is 6.60. The number of nitrogens with one attached hydrogen (secondary N) is 1. The Labute approximate surface area is 124 Å². The van der Waals surface area contributed by atoms with Crippen molar-refractivity contribution in [1.29, 1.82) is 0 Å². The summed E-state index contributed by atoms with van der Waals surface area (Å²) in [5, 5.41) is 3.58. The quantitative estimate of drug-likeness (QED) is 0.756. The Morgan fingerprint density at radius 3 is 2.25 bits per heavy atom. The van der Waals surface area contributed by atoms with Crippen LogP contribution >= 0.6 is 0 Å². The van der Waals surface area contributed by atoms with Crippen molar-refractivity contribution < 1.29 is 0 Å². The molecular formula is C18H30N2. The van der Waals surface area contributed by atoms with Crippen molar-refractivity contribution in [2.24, 2.45) is 0 Å². The van der Waals surface area contributed by atoms with Crippen molar-refractivity contribution in [1.82, 2.24) is 10.2 Å². The summed E-state index contributed by atoms with van der Waals surface area (Å²) in [6, 6.07) is 11.6. The van der Waals surface area contributed by atoms with E-state index in [0.29, 0.717) is 12.1 Å². The number of hydrogen-bond donors (Lipinski definition) is 1. The molecule has 20 heavy (non-hydrogen) atoms. The minimum absolute atomic E-state index is 0.105. The van der Waals surface area contributed by atoms with Crippen molar-refractivity contribution in [2.45, 2.75) is 52.2 Å². The maximum absolute atomic E-state index is 3.92. The summed E-state index contributed by atoms with van der Waals surface area (Å²) in [5.74, 6) is 0. The van der Waals surface area contributed by atoms with Crippen LogP contribution in [0.4, 0.5) is 0 Å². The molecule has 1 aromatic rings. The molecule has 2 nitrogen and oxygen atoms in total. The molecule has 0 fully saturated rings. The Kier molecular flexibility index (Phi) is 6.44. The first kappa shape index (κ1) is 16.9. The Bertz CT molecular complexity index is 390. The molecule has 1 atom stereocenters. The van der Waals surface area contributed by atoms with Crippen LogP contribution in [-0.4, -0.2) is 29.6 Å². The van der Waals surface area contributed by atoms with Crippen molar-refractivity contribution in [3.63, 3.8) is 0 Å². The van der Waals surface area contributed by atoms with Gasteiger partial charge in [-0.05, 0) is 26.3 Å². The summed E-state index contributed by atoms with van der Waals surface area (Å²) in [7, 11) is 0. The molecule has 2 heteroatoms. The van der Waals surface area contributed by atoms with Crippen LogP contribution < -0.4 is 5.32 Å². The zero-order valence-corrected chi connectivity index (χ0v) is 13.7. The molecule has 0 heterocycles. The van der Waals surface area contributed by atoms with E-state index in [4.69, 9.17) is 0 Å². The molecule has 0 saturated carbocycles. The molecule has 0 radical (unpaired) electrons. The van der Waals surface area contributed by atoms with Gasteiger partial charge in [0.1, 0.15) is 0 Å². The highest BCUT2D eigenvalue weighted by molar-refractivity contribution is 5.20. The normalized spacial score (nSPS) is 13.8. The Morgan fingerprint density at radius 2 is 1.80 bits per heavy atom. The molecule has 0 aliphatic heterocycles. The molecule has 0 bridgehead atoms. The standard InChI is InChI=1S/C18H30N2/c1-7-13-20(18(4,5)6)17(14-19-15(2)3)16-11-9-8-10-12-16/h7-12,15,17,19H,1,13-14H2,2-6H3. The highest BCUT2D eigenvalue weighted by Gasteiger charge is 2.28. The van der Waals surface area contributed by atoms with Gasteiger partial charge in [-0.2, -0.15) is 0 Å². The SMILES string of the molecule is C=CCN(C(CNC(C)C)c1ccccc1)C(C)(C)C. The maximum atomic E-state index is 3.92. The van der Waals surface area contributed by atoms with E-state index in [2.05, 4.69) is 81.7 Å². The summed E-state index contributed by atoms with van der Waals surface area (Å²) in [4.78, 5) is 2.50. The summed E-state index contributed by atoms with van der Waals surface area (Å²) in [5.41, 5.74) is 1.46. The Hall–Kier alpha value is -1.12. The van der Waals surface area contributed by atoms with Crippen LogP contribution in [0.3, 0.4) is 0 Å². The van der Waals surface area contributed by atoms with E-state index < -0.39 is 0 Å². The Morgan fingerprint density at radius 1 is 1.20 bits per heavy atom. The number of rotatable bonds is 7. The molecule has 0 aliphatic rings. The van der Waals surface area contributed by atoms with E-state index in [1.165, 1.54) is 5.56 Å². The summed E-state index contributed by atoms with van der Waals surface area (Å²) >= 11 is 0. The third-order valence-electron chi connectivity index (χ3n) is 3.47. The molecule has 0 aromatic heterocycles. The molecule has 1 rings (SSSR count). The second-order valence-corrected chi connectivity index (χ2v) is 6.60. The minimum Gasteiger partial charge on any atom is -0.313 e. The first-order valence-electron chi connectivity index (χ1n) is 7.52. The molecule has 112 valence electrons. The van der Waals surface area contributed by atoms with Gasteiger partial charge in [-0.3, -0.25) is 4.90 Å². The molecule has 0 spiro atoms. The van der Waals surface area contributed by atoms with E-state index in [0.717, 1.165) is 13.1 Å². The number of benzene rings is 1. The van der Waals surface area contributed by atoms with Gasteiger partial charge in [-0.25, -0.2) is 0 Å². The first-order chi connectivity index (χ1) is 9.36. The fraction of sp³-hybridized carbons (Fsp3) is 0.556. The van der Waals surface area contributed by atoms with Gasteiger partial charge in [0, 0.05) is 30.7 Å². The molecular weight excluding hydrogens is 244 g/mol. The molecule has 1 N–H and O–H groups in total. The summed E-state index contributed by atoms with van der Waals surface area (Å²) < 4.78 is 0. The van der Waals surface area contributed by atoms with Gasteiger partial charge in [0.05, 0.1) is 0 Å². The van der Waals surface area contributed by atoms with Gasteiger partial charge in [-0.1, -0.05) is 50.3 Å². The lowest BCUT2D eigenvalue weighted by Gasteiger charge is -2.42. The minimum atomic E-state index is 0.105. The van der Waals surface area contributed by atoms with Crippen molar-refractivity contribution in [2.75, 3.05) is 13.1 Å². The number of nitrogens with zero attached hydrogens (tertiary/aromatic N) is 1. The topological polar surface area (TPSA) is 15.3 Å². The van der Waals surface area contributed by atoms with E-state index in [1.54, 1.807) is 0 Å². The monoisotopic (exact) mass is 274 g/mol. The van der Waals surface area contributed by atoms with E-state index in [1.807, 2.05) is 6.08 Å². The van der Waals surface area contributed by atoms with Crippen molar-refractivity contribution in [3.8, 4) is 0 Å². The molecule has 0 saturated heterocycles. The van der Waals surface area contributed by atoms with Crippen LogP contribution in [-0.2, 0) is 0 Å². The predicted molar refractivity (Wildman–Crippen MR) is 89.0 cm³/mol. The predicted octanol–water partition coefficient (Wildman–Crippen LogP) is 4.01. The average molecular weight is 274 g/mol. The lowest BCUT2D eigenvalue weighted by molar-refractivity contribution is 0.0939. The van der Waals surface area contributed by atoms with Crippen LogP contribution in [0.15, 0.2) is 43.0 Å². The largest absolute Gasteiger partial charge is 0.313 e. The summed E-state index contributed by atoms with van der Waals surface area (Å²) in [6.07, 6.45) is 2.00. The van der Waals surface area contributed by atoms with Gasteiger partial charge in [0.15, 0.2) is 0 Å². The van der Waals surface area contributed by atoms with Crippen LogP contribution in [0.5, 0.6) is 0 Å². The van der Waals surface area contributed by atoms with Crippen molar-refractivity contribution >= 4 is 0 Å². The van der Waals surface area contributed by atoms with Gasteiger partial charge in [0.2, 0.25) is 0 Å². The van der Waals surface area contributed by atoms with E-state index in [-0.39, 0.29) is 5.54 Å². The van der Waals surface area contributed by atoms with Gasteiger partial charge < -0.3 is 5.32 Å². The maximum Gasteiger partial charge on any atom is 0.0481 e. The average Bonchev–Trinajstić information content (AvgIpc) is 2.37. The zero-order chi connectivity index (χ0) is 15.2. The lowest BCUT2D eigenvalue weighted by atomic mass is 9.97. The molecule has 0 amide bonds. The smallest absolute Gasteiger partial charge is 0.0481 e. The van der Waals surface area contributed by atoms with Gasteiger partial charge >= 0.3 is 0 Å². The van der Waals surface area contributed by atoms with Crippen LogP contribution in [0.1, 0.15) is 46.2 Å². The highest BCUT2D eigenvalue weighted by atomic mass is 15.2. The lowest BCUT2D eigenvalue weighted by Crippen LogP contribution is -2.47. The molecule has 1 aromatic carbocycles. The van der Waals surface area contributed by atoms with Crippen LogP contribution in [0.25, 0.3) is 0 Å². The van der Waals surface area contributed by atoms with Gasteiger partial charge in [-0.15, -0.1) is 6.58 Å². The van der Waals surface area contributed by atoms with Crippen LogP contribution in [0, 0.1) is 0 Å². The Balaban J connectivity index is 3.04.